The number of rotatable bonds is 6. The van der Waals surface area contributed by atoms with Crippen molar-refractivity contribution in [2.45, 2.75) is 25.9 Å². The molecule has 3 heteroatoms. The second-order valence-corrected chi connectivity index (χ2v) is 2.77. The van der Waals surface area contributed by atoms with E-state index < -0.39 is 11.9 Å². The minimum absolute atomic E-state index is 0.208. The van der Waals surface area contributed by atoms with E-state index in [0.29, 0.717) is 6.42 Å². The molecule has 12 heavy (non-hydrogen) atoms. The first-order valence-corrected chi connectivity index (χ1v) is 4.00. The summed E-state index contributed by atoms with van der Waals surface area (Å²) in [6, 6.07) is 0. The van der Waals surface area contributed by atoms with E-state index >= 15 is 0 Å². The Balaban J connectivity index is 3.95. The summed E-state index contributed by atoms with van der Waals surface area (Å²) in [6.45, 7) is 5.22. The van der Waals surface area contributed by atoms with Crippen LogP contribution in [0.25, 0.3) is 0 Å². The molecule has 0 aromatic heterocycles. The summed E-state index contributed by atoms with van der Waals surface area (Å²) in [6.07, 6.45) is 3.06. The smallest absolute Gasteiger partial charge is 0.308 e. The second-order valence-electron chi connectivity index (χ2n) is 2.77. The maximum atomic E-state index is 10.6. The molecule has 0 saturated heterocycles. The Labute approximate surface area is 73.0 Å². The number of aliphatic carboxylic acids is 1. The number of ether oxygens (including phenoxy) is 1. The third kappa shape index (κ3) is 3.53. The fraction of sp³-hybridized carbons (Fsp3) is 0.667. The van der Waals surface area contributed by atoms with Crippen LogP contribution in [-0.4, -0.2) is 24.3 Å². The van der Waals surface area contributed by atoms with Crippen molar-refractivity contribution in [1.29, 1.82) is 0 Å². The minimum atomic E-state index is -0.814. The zero-order valence-corrected chi connectivity index (χ0v) is 7.62. The summed E-state index contributed by atoms with van der Waals surface area (Å²) in [5.41, 5.74) is 0. The standard InChI is InChI=1S/C9H16O3/c1-4-5-6-8(12-3)7(2)9(10)11/h4,7-8H,1,5-6H2,2-3H3,(H,10,11)/t7?,8-/m1/s1. The molecule has 0 heterocycles. The fourth-order valence-electron chi connectivity index (χ4n) is 1.01. The highest BCUT2D eigenvalue weighted by Crippen LogP contribution is 2.12. The Bertz CT molecular complexity index is 154. The van der Waals surface area contributed by atoms with Gasteiger partial charge >= 0.3 is 5.97 Å². The molecule has 0 spiro atoms. The highest BCUT2D eigenvalue weighted by molar-refractivity contribution is 5.70. The molecule has 70 valence electrons. The number of hydrogen-bond acceptors (Lipinski definition) is 2. The lowest BCUT2D eigenvalue weighted by molar-refractivity contribution is -0.145. The van der Waals surface area contributed by atoms with Crippen molar-refractivity contribution in [2.75, 3.05) is 7.11 Å². The van der Waals surface area contributed by atoms with Crippen molar-refractivity contribution < 1.29 is 14.6 Å². The monoisotopic (exact) mass is 172 g/mol. The molecule has 3 nitrogen and oxygen atoms in total. The third-order valence-corrected chi connectivity index (χ3v) is 1.91. The van der Waals surface area contributed by atoms with Gasteiger partial charge in [-0.25, -0.2) is 0 Å². The lowest BCUT2D eigenvalue weighted by Crippen LogP contribution is -2.27. The summed E-state index contributed by atoms with van der Waals surface area (Å²) >= 11 is 0. The molecule has 0 radical (unpaired) electrons. The van der Waals surface area contributed by atoms with Gasteiger partial charge in [-0.05, 0) is 19.8 Å². The Morgan fingerprint density at radius 3 is 2.67 bits per heavy atom. The van der Waals surface area contributed by atoms with Crippen LogP contribution >= 0.6 is 0 Å². The number of carbonyl (C=O) groups is 1. The number of carboxylic acid groups (broad SMARTS) is 1. The van der Waals surface area contributed by atoms with Gasteiger partial charge in [-0.1, -0.05) is 6.08 Å². The highest BCUT2D eigenvalue weighted by Gasteiger charge is 2.22. The number of methoxy groups -OCH3 is 1. The molecule has 0 aromatic carbocycles. The molecule has 0 bridgehead atoms. The van der Waals surface area contributed by atoms with Crippen LogP contribution in [0.15, 0.2) is 12.7 Å². The molecular formula is C9H16O3. The maximum absolute atomic E-state index is 10.6. The maximum Gasteiger partial charge on any atom is 0.308 e. The Hall–Kier alpha value is -0.830. The largest absolute Gasteiger partial charge is 0.481 e. The van der Waals surface area contributed by atoms with Gasteiger partial charge in [0.1, 0.15) is 0 Å². The van der Waals surface area contributed by atoms with Crippen LogP contribution < -0.4 is 0 Å². The predicted molar refractivity (Wildman–Crippen MR) is 47.0 cm³/mol. The zero-order valence-electron chi connectivity index (χ0n) is 7.62. The van der Waals surface area contributed by atoms with E-state index in [2.05, 4.69) is 6.58 Å². The van der Waals surface area contributed by atoms with E-state index in [1.54, 1.807) is 13.0 Å². The molecule has 2 atom stereocenters. The van der Waals surface area contributed by atoms with Crippen LogP contribution in [0, 0.1) is 5.92 Å². The van der Waals surface area contributed by atoms with Crippen LogP contribution in [0.3, 0.4) is 0 Å². The van der Waals surface area contributed by atoms with Crippen LogP contribution in [0.1, 0.15) is 19.8 Å². The molecule has 1 unspecified atom stereocenters. The van der Waals surface area contributed by atoms with Gasteiger partial charge in [0.25, 0.3) is 0 Å². The average Bonchev–Trinajstić information content (AvgIpc) is 2.05. The van der Waals surface area contributed by atoms with E-state index in [1.165, 1.54) is 7.11 Å². The molecule has 0 fully saturated rings. The molecule has 0 aliphatic rings. The van der Waals surface area contributed by atoms with Gasteiger partial charge in [0.2, 0.25) is 0 Å². The van der Waals surface area contributed by atoms with E-state index in [4.69, 9.17) is 9.84 Å². The van der Waals surface area contributed by atoms with Crippen molar-refractivity contribution in [3.05, 3.63) is 12.7 Å². The van der Waals surface area contributed by atoms with Gasteiger partial charge in [0, 0.05) is 7.11 Å². The lowest BCUT2D eigenvalue weighted by atomic mass is 10.0. The number of hydrogen-bond donors (Lipinski definition) is 1. The van der Waals surface area contributed by atoms with Gasteiger partial charge in [-0.3, -0.25) is 4.79 Å². The molecule has 0 rings (SSSR count). The molecular weight excluding hydrogens is 156 g/mol. The zero-order chi connectivity index (χ0) is 9.56. The van der Waals surface area contributed by atoms with Crippen molar-refractivity contribution in [3.63, 3.8) is 0 Å². The van der Waals surface area contributed by atoms with Crippen LogP contribution in [0.2, 0.25) is 0 Å². The Kier molecular flexibility index (Phi) is 5.37. The summed E-state index contributed by atoms with van der Waals surface area (Å²) < 4.78 is 5.05. The van der Waals surface area contributed by atoms with Crippen molar-refractivity contribution in [3.8, 4) is 0 Å². The van der Waals surface area contributed by atoms with E-state index in [-0.39, 0.29) is 6.10 Å². The van der Waals surface area contributed by atoms with E-state index in [9.17, 15) is 4.79 Å². The van der Waals surface area contributed by atoms with E-state index in [0.717, 1.165) is 6.42 Å². The Morgan fingerprint density at radius 2 is 2.33 bits per heavy atom. The Morgan fingerprint density at radius 1 is 1.75 bits per heavy atom. The normalized spacial score (nSPS) is 15.2. The van der Waals surface area contributed by atoms with Gasteiger partial charge in [-0.15, -0.1) is 6.58 Å². The minimum Gasteiger partial charge on any atom is -0.481 e. The van der Waals surface area contributed by atoms with Crippen molar-refractivity contribution in [1.82, 2.24) is 0 Å². The third-order valence-electron chi connectivity index (χ3n) is 1.91. The molecule has 0 aliphatic heterocycles. The second kappa shape index (κ2) is 5.77. The quantitative estimate of drug-likeness (QED) is 0.620. The van der Waals surface area contributed by atoms with Gasteiger partial charge in [0.15, 0.2) is 0 Å². The number of carboxylic acids is 1. The van der Waals surface area contributed by atoms with Crippen molar-refractivity contribution >= 4 is 5.97 Å². The van der Waals surface area contributed by atoms with Crippen molar-refractivity contribution in [2.24, 2.45) is 5.92 Å². The number of allylic oxidation sites excluding steroid dienone is 1. The topological polar surface area (TPSA) is 46.5 Å². The van der Waals surface area contributed by atoms with E-state index in [1.807, 2.05) is 0 Å². The molecule has 0 saturated carbocycles. The summed E-state index contributed by atoms with van der Waals surface area (Å²) in [5, 5.41) is 8.68. The first-order chi connectivity index (χ1) is 5.63. The molecule has 0 aromatic rings. The highest BCUT2D eigenvalue weighted by atomic mass is 16.5. The molecule has 1 N–H and O–H groups in total. The summed E-state index contributed by atoms with van der Waals surface area (Å²) in [5.74, 6) is -1.26. The molecule has 0 amide bonds. The molecule has 0 aliphatic carbocycles. The first-order valence-electron chi connectivity index (χ1n) is 4.00. The SMILES string of the molecule is C=CCC[C@@H](OC)C(C)C(=O)O. The van der Waals surface area contributed by atoms with Gasteiger partial charge in [0.05, 0.1) is 12.0 Å². The summed E-state index contributed by atoms with van der Waals surface area (Å²) in [7, 11) is 1.53. The summed E-state index contributed by atoms with van der Waals surface area (Å²) in [4.78, 5) is 10.6. The predicted octanol–water partition coefficient (Wildman–Crippen LogP) is 1.69. The first kappa shape index (κ1) is 11.2. The average molecular weight is 172 g/mol. The van der Waals surface area contributed by atoms with Gasteiger partial charge in [-0.2, -0.15) is 0 Å². The van der Waals surface area contributed by atoms with Gasteiger partial charge < -0.3 is 9.84 Å². The van der Waals surface area contributed by atoms with Crippen LogP contribution in [-0.2, 0) is 9.53 Å². The van der Waals surface area contributed by atoms with Crippen LogP contribution in [0.5, 0.6) is 0 Å². The fourth-order valence-corrected chi connectivity index (χ4v) is 1.01. The lowest BCUT2D eigenvalue weighted by Gasteiger charge is -2.18. The van der Waals surface area contributed by atoms with Crippen LogP contribution in [0.4, 0.5) is 0 Å².